The molecule has 7 nitrogen and oxygen atoms in total. The van der Waals surface area contributed by atoms with Gasteiger partial charge >= 0.3 is 0 Å². The number of nitriles is 1. The van der Waals surface area contributed by atoms with E-state index in [9.17, 15) is 5.26 Å². The zero-order valence-corrected chi connectivity index (χ0v) is 40.9. The summed E-state index contributed by atoms with van der Waals surface area (Å²) in [5.74, 6) is 1.61. The third-order valence-electron chi connectivity index (χ3n) is 15.1. The minimum Gasteiger partial charge on any atom is -0.309 e. The number of aromatic nitrogens is 6. The minimum absolute atomic E-state index is 0.513. The summed E-state index contributed by atoms with van der Waals surface area (Å²) in [5, 5.41) is 18.4. The Hall–Kier alpha value is -9.71. The zero-order valence-electron chi connectivity index (χ0n) is 40.9. The Morgan fingerprint density at radius 3 is 1.50 bits per heavy atom. The summed E-state index contributed by atoms with van der Waals surface area (Å²) < 4.78 is 7.03. The normalized spacial score (nSPS) is 11.7. The van der Waals surface area contributed by atoms with Crippen molar-refractivity contribution in [2.45, 2.75) is 0 Å². The van der Waals surface area contributed by atoms with Gasteiger partial charge < -0.3 is 13.7 Å². The highest BCUT2D eigenvalue weighted by Gasteiger charge is 2.27. The van der Waals surface area contributed by atoms with Crippen molar-refractivity contribution in [2.75, 3.05) is 0 Å². The van der Waals surface area contributed by atoms with Crippen LogP contribution in [0.1, 0.15) is 5.56 Å². The van der Waals surface area contributed by atoms with Crippen molar-refractivity contribution in [3.05, 3.63) is 224 Å². The maximum absolute atomic E-state index is 11.6. The van der Waals surface area contributed by atoms with Crippen LogP contribution in [-0.4, -0.2) is 52.2 Å². The Morgan fingerprint density at radius 1 is 0.351 bits per heavy atom. The first kappa shape index (κ1) is 43.1. The second kappa shape index (κ2) is 17.0. The summed E-state index contributed by atoms with van der Waals surface area (Å²) in [4.78, 5) is 16.1. The first-order valence-electron chi connectivity index (χ1n) is 25.0. The molecule has 0 aliphatic carbocycles. The molecule has 0 saturated heterocycles. The molecule has 0 bridgehead atoms. The molecule has 0 aliphatic heterocycles. The second-order valence-electron chi connectivity index (χ2n) is 19.2. The van der Waals surface area contributed by atoms with Crippen LogP contribution in [0.4, 0.5) is 0 Å². The molecule has 0 saturated carbocycles. The van der Waals surface area contributed by atoms with Crippen LogP contribution in [0, 0.1) is 11.3 Å². The highest BCUT2D eigenvalue weighted by Crippen LogP contribution is 2.43. The molecule has 0 N–H and O–H groups in total. The molecule has 14 rings (SSSR count). The Balaban J connectivity index is 1.03. The standard InChI is InChI=1S/C64H42B3N7/c65-57-49(37-68)61(74-51-29-14-10-25-44(51)46-32-34-54-55(60(46)74)47-27-12-15-30-52(47)73(54)43-23-8-3-9-24-43)59(67)58(66)56(57)64-70-62(40-20-16-19-39(35-40)38-17-4-1-5-18-38)69-63(71-64)41-31-33-53-48(36-41)45-26-11-13-28-50(45)72(53)42-21-6-2-7-22-42/h1-36H,65-67H2. The number of benzene rings is 10. The molecule has 0 aliphatic rings. The van der Waals surface area contributed by atoms with E-state index < -0.39 is 0 Å². The van der Waals surface area contributed by atoms with Crippen molar-refractivity contribution in [1.82, 2.24) is 28.7 Å². The smallest absolute Gasteiger partial charge is 0.164 e. The molecule has 342 valence electrons. The molecule has 0 unspecified atom stereocenters. The maximum Gasteiger partial charge on any atom is 0.164 e. The Bertz CT molecular complexity index is 4650. The van der Waals surface area contributed by atoms with Gasteiger partial charge in [-0.2, -0.15) is 5.26 Å². The number of fused-ring (bicyclic) bond motifs is 10. The van der Waals surface area contributed by atoms with Gasteiger partial charge in [0.15, 0.2) is 17.5 Å². The predicted molar refractivity (Wildman–Crippen MR) is 314 cm³/mol. The fourth-order valence-corrected chi connectivity index (χ4v) is 11.7. The lowest BCUT2D eigenvalue weighted by Crippen LogP contribution is -2.39. The molecule has 0 radical (unpaired) electrons. The molecule has 0 atom stereocenters. The van der Waals surface area contributed by atoms with Crippen molar-refractivity contribution in [2.24, 2.45) is 0 Å². The summed E-state index contributed by atoms with van der Waals surface area (Å²) in [5.41, 5.74) is 17.6. The third kappa shape index (κ3) is 6.53. The fraction of sp³-hybridized carbons (Fsp3) is 0. The lowest BCUT2D eigenvalue weighted by atomic mass is 9.69. The molecular weight excluding hydrogens is 899 g/mol. The third-order valence-corrected chi connectivity index (χ3v) is 15.1. The van der Waals surface area contributed by atoms with E-state index >= 15 is 0 Å². The minimum atomic E-state index is 0.513. The summed E-state index contributed by atoms with van der Waals surface area (Å²) in [6, 6.07) is 79.4. The number of para-hydroxylation sites is 5. The van der Waals surface area contributed by atoms with Gasteiger partial charge in [0.05, 0.1) is 44.4 Å². The van der Waals surface area contributed by atoms with Crippen molar-refractivity contribution >= 4 is 105 Å². The fourth-order valence-electron chi connectivity index (χ4n) is 11.7. The summed E-state index contributed by atoms with van der Waals surface area (Å²) in [6.07, 6.45) is 0. The van der Waals surface area contributed by atoms with E-state index in [1.54, 1.807) is 0 Å². The maximum atomic E-state index is 11.6. The van der Waals surface area contributed by atoms with Crippen molar-refractivity contribution < 1.29 is 0 Å². The lowest BCUT2D eigenvalue weighted by Gasteiger charge is -2.22. The van der Waals surface area contributed by atoms with Gasteiger partial charge in [-0.3, -0.25) is 0 Å². The Labute approximate surface area is 429 Å². The van der Waals surface area contributed by atoms with E-state index in [-0.39, 0.29) is 0 Å². The molecule has 74 heavy (non-hydrogen) atoms. The molecule has 10 aromatic carbocycles. The summed E-state index contributed by atoms with van der Waals surface area (Å²) in [6.45, 7) is 0. The van der Waals surface area contributed by atoms with E-state index in [4.69, 9.17) is 15.0 Å². The van der Waals surface area contributed by atoms with Crippen LogP contribution in [-0.2, 0) is 0 Å². The van der Waals surface area contributed by atoms with Gasteiger partial charge in [0.1, 0.15) is 29.6 Å². The molecule has 0 spiro atoms. The first-order valence-corrected chi connectivity index (χ1v) is 25.0. The van der Waals surface area contributed by atoms with Crippen molar-refractivity contribution in [1.29, 1.82) is 5.26 Å². The molecule has 14 aromatic rings. The number of nitrogens with zero attached hydrogens (tertiary/aromatic N) is 7. The first-order chi connectivity index (χ1) is 36.4. The summed E-state index contributed by atoms with van der Waals surface area (Å²) >= 11 is 0. The average molecular weight is 942 g/mol. The van der Waals surface area contributed by atoms with Crippen LogP contribution >= 0.6 is 0 Å². The lowest BCUT2D eigenvalue weighted by molar-refractivity contribution is 1.08. The number of rotatable bonds is 7. The number of hydrogen-bond donors (Lipinski definition) is 0. The highest BCUT2D eigenvalue weighted by atomic mass is 15.0. The van der Waals surface area contributed by atoms with Gasteiger partial charge in [-0.15, -0.1) is 0 Å². The van der Waals surface area contributed by atoms with Crippen LogP contribution in [0.15, 0.2) is 218 Å². The van der Waals surface area contributed by atoms with Crippen LogP contribution in [0.2, 0.25) is 0 Å². The Morgan fingerprint density at radius 2 is 0.838 bits per heavy atom. The summed E-state index contributed by atoms with van der Waals surface area (Å²) in [7, 11) is 6.35. The van der Waals surface area contributed by atoms with Crippen molar-refractivity contribution in [3.63, 3.8) is 0 Å². The van der Waals surface area contributed by atoms with Crippen LogP contribution in [0.5, 0.6) is 0 Å². The van der Waals surface area contributed by atoms with Gasteiger partial charge in [0.2, 0.25) is 0 Å². The van der Waals surface area contributed by atoms with E-state index in [1.807, 2.05) is 12.1 Å². The van der Waals surface area contributed by atoms with E-state index in [0.29, 0.717) is 23.0 Å². The van der Waals surface area contributed by atoms with Gasteiger partial charge in [0.25, 0.3) is 0 Å². The van der Waals surface area contributed by atoms with E-state index in [2.05, 4.69) is 250 Å². The largest absolute Gasteiger partial charge is 0.309 e. The average Bonchev–Trinajstić information content (AvgIpc) is 4.11. The van der Waals surface area contributed by atoms with Crippen molar-refractivity contribution in [3.8, 4) is 68.4 Å². The van der Waals surface area contributed by atoms with Gasteiger partial charge in [-0.05, 0) is 83.9 Å². The van der Waals surface area contributed by atoms with E-state index in [0.717, 1.165) is 127 Å². The van der Waals surface area contributed by atoms with Gasteiger partial charge in [-0.1, -0.05) is 162 Å². The number of hydrogen-bond acceptors (Lipinski definition) is 4. The molecular formula is C64H42B3N7. The highest BCUT2D eigenvalue weighted by molar-refractivity contribution is 6.56. The Kier molecular flexibility index (Phi) is 9.89. The topological polar surface area (TPSA) is 77.2 Å². The molecule has 0 fully saturated rings. The molecule has 0 amide bonds. The zero-order chi connectivity index (χ0) is 49.6. The SMILES string of the molecule is Bc1c(B)c(-n2c3ccccc3c3ccc4c(c5ccccc5n4-c4ccccc4)c32)c(C#N)c(B)c1-c1nc(-c2cccc(-c3ccccc3)c2)nc(-c2ccc3c(c2)c2ccccc2n3-c2ccccc2)n1. The second-order valence-corrected chi connectivity index (χ2v) is 19.2. The predicted octanol–water partition coefficient (Wildman–Crippen LogP) is 10.5. The van der Waals surface area contributed by atoms with Gasteiger partial charge in [-0.25, -0.2) is 15.0 Å². The molecule has 4 heterocycles. The monoisotopic (exact) mass is 941 g/mol. The van der Waals surface area contributed by atoms with Gasteiger partial charge in [0, 0.05) is 60.4 Å². The quantitative estimate of drug-likeness (QED) is 0.149. The van der Waals surface area contributed by atoms with Crippen LogP contribution < -0.4 is 16.4 Å². The van der Waals surface area contributed by atoms with E-state index in [1.165, 1.54) is 0 Å². The van der Waals surface area contributed by atoms with Crippen LogP contribution in [0.3, 0.4) is 0 Å². The van der Waals surface area contributed by atoms with Crippen LogP contribution in [0.25, 0.3) is 128 Å². The molecule has 4 aromatic heterocycles. The molecule has 10 heteroatoms.